The fraction of sp³-hybridized carbons (Fsp3) is 0.541. The first kappa shape index (κ1) is 29.3. The fourth-order valence-corrected chi connectivity index (χ4v) is 19.9. The van der Waals surface area contributed by atoms with Crippen LogP contribution >= 0.6 is 0 Å². The second kappa shape index (κ2) is 11.4. The molecular formula is C37H44Cl2Zr. The quantitative estimate of drug-likeness (QED) is 0.408. The molecule has 0 aliphatic heterocycles. The molecule has 7 aliphatic carbocycles. The minimum absolute atomic E-state index is 0. The van der Waals surface area contributed by atoms with E-state index in [1.54, 1.807) is 66.4 Å². The van der Waals surface area contributed by atoms with Crippen molar-refractivity contribution in [1.82, 2.24) is 0 Å². The first-order chi connectivity index (χ1) is 18.6. The van der Waals surface area contributed by atoms with Crippen LogP contribution in [0, 0.1) is 29.1 Å². The predicted octanol–water partition coefficient (Wildman–Crippen LogP) is 3.10. The van der Waals surface area contributed by atoms with Crippen LogP contribution in [0.5, 0.6) is 0 Å². The van der Waals surface area contributed by atoms with E-state index in [4.69, 9.17) is 0 Å². The Labute approximate surface area is 262 Å². The molecule has 3 heteroatoms. The Bertz CT molecular complexity index is 1370. The Morgan fingerprint density at radius 3 is 2.15 bits per heavy atom. The molecule has 4 bridgehead atoms. The summed E-state index contributed by atoms with van der Waals surface area (Å²) in [6, 6.07) is 16.7. The Kier molecular flexibility index (Phi) is 8.36. The maximum absolute atomic E-state index is 2.78. The topological polar surface area (TPSA) is 0 Å². The van der Waals surface area contributed by atoms with E-state index in [1.165, 1.54) is 44.1 Å². The summed E-state index contributed by atoms with van der Waals surface area (Å²) < 4.78 is 5.84. The van der Waals surface area contributed by atoms with Gasteiger partial charge in [0.1, 0.15) is 0 Å². The zero-order valence-corrected chi connectivity index (χ0v) is 28.3. The Morgan fingerprint density at radius 2 is 1.45 bits per heavy atom. The molecule has 0 heterocycles. The number of allylic oxidation sites excluding steroid dienone is 4. The van der Waals surface area contributed by atoms with Crippen molar-refractivity contribution in [3.8, 4) is 11.1 Å². The van der Waals surface area contributed by atoms with E-state index in [2.05, 4.69) is 62.4 Å². The summed E-state index contributed by atoms with van der Waals surface area (Å²) in [5, 5.41) is 0. The van der Waals surface area contributed by atoms with Crippen molar-refractivity contribution >= 4 is 6.48 Å². The molecule has 2 aromatic rings. The third-order valence-electron chi connectivity index (χ3n) is 11.7. The molecule has 0 amide bonds. The summed E-state index contributed by atoms with van der Waals surface area (Å²) in [6.07, 6.45) is 21.8. The van der Waals surface area contributed by atoms with Crippen LogP contribution in [0.3, 0.4) is 0 Å². The molecule has 0 N–H and O–H groups in total. The van der Waals surface area contributed by atoms with Crippen molar-refractivity contribution in [1.29, 1.82) is 0 Å². The number of halogens is 2. The van der Waals surface area contributed by atoms with E-state index in [0.29, 0.717) is 11.3 Å². The molecule has 9 rings (SSSR count). The molecule has 5 saturated carbocycles. The van der Waals surface area contributed by atoms with Gasteiger partial charge in [0.25, 0.3) is 0 Å². The molecule has 7 aliphatic rings. The maximum atomic E-state index is 2.78. The van der Waals surface area contributed by atoms with Gasteiger partial charge in [-0.15, -0.1) is 0 Å². The van der Waals surface area contributed by atoms with E-state index in [0.717, 1.165) is 24.2 Å². The molecule has 0 radical (unpaired) electrons. The zero-order chi connectivity index (χ0) is 25.4. The van der Waals surface area contributed by atoms with Gasteiger partial charge in [0.15, 0.2) is 0 Å². The molecule has 40 heavy (non-hydrogen) atoms. The van der Waals surface area contributed by atoms with Gasteiger partial charge in [-0.3, -0.25) is 0 Å². The van der Waals surface area contributed by atoms with Crippen LogP contribution in [0.2, 0.25) is 0 Å². The average Bonchev–Trinajstić information content (AvgIpc) is 3.41. The van der Waals surface area contributed by atoms with Crippen LogP contribution in [0.4, 0.5) is 0 Å². The Morgan fingerprint density at radius 1 is 0.800 bits per heavy atom. The second-order valence-electron chi connectivity index (χ2n) is 14.3. The summed E-state index contributed by atoms with van der Waals surface area (Å²) in [7, 11) is 0. The molecular weight excluding hydrogens is 607 g/mol. The number of fused-ring (bicyclic) bond motifs is 3. The van der Waals surface area contributed by atoms with Gasteiger partial charge >= 0.3 is 239 Å². The monoisotopic (exact) mass is 648 g/mol. The van der Waals surface area contributed by atoms with Gasteiger partial charge < -0.3 is 24.8 Å². The van der Waals surface area contributed by atoms with Crippen molar-refractivity contribution in [3.63, 3.8) is 0 Å². The van der Waals surface area contributed by atoms with Gasteiger partial charge in [-0.2, -0.15) is 0 Å². The normalized spacial score (nSPS) is 31.1. The number of benzene rings is 2. The van der Waals surface area contributed by atoms with Crippen LogP contribution in [0.1, 0.15) is 102 Å². The van der Waals surface area contributed by atoms with Crippen LogP contribution in [0.15, 0.2) is 63.0 Å². The van der Waals surface area contributed by atoms with Gasteiger partial charge in [-0.25, -0.2) is 0 Å². The van der Waals surface area contributed by atoms with Gasteiger partial charge in [-0.1, -0.05) is 0 Å². The predicted molar refractivity (Wildman–Crippen MR) is 158 cm³/mol. The first-order valence-electron chi connectivity index (χ1n) is 15.9. The van der Waals surface area contributed by atoms with Gasteiger partial charge in [-0.05, 0) is 0 Å². The smallest absolute Gasteiger partial charge is 1.00 e. The van der Waals surface area contributed by atoms with Crippen molar-refractivity contribution in [2.45, 2.75) is 97.3 Å². The van der Waals surface area contributed by atoms with E-state index in [-0.39, 0.29) is 24.8 Å². The van der Waals surface area contributed by atoms with E-state index in [9.17, 15) is 0 Å². The maximum Gasteiger partial charge on any atom is -1.00 e. The number of rotatable bonds is 4. The summed E-state index contributed by atoms with van der Waals surface area (Å²) in [5.74, 6) is 3.83. The average molecular weight is 651 g/mol. The van der Waals surface area contributed by atoms with E-state index < -0.39 is 21.3 Å². The molecule has 210 valence electrons. The summed E-state index contributed by atoms with van der Waals surface area (Å²) >= 11 is -2.20. The van der Waals surface area contributed by atoms with Crippen LogP contribution in [0.25, 0.3) is 11.1 Å². The Balaban J connectivity index is 0.00000145. The summed E-state index contributed by atoms with van der Waals surface area (Å²) in [5.41, 5.74) is 10.5. The number of hydrogen-bond acceptors (Lipinski definition) is 0. The van der Waals surface area contributed by atoms with Gasteiger partial charge in [0.2, 0.25) is 0 Å². The molecule has 1 atom stereocenters. The first-order valence-corrected chi connectivity index (χ1v) is 19.6. The fourth-order valence-electron chi connectivity index (χ4n) is 10.7. The van der Waals surface area contributed by atoms with Crippen LogP contribution in [-0.2, 0) is 27.7 Å². The van der Waals surface area contributed by atoms with Crippen molar-refractivity contribution in [2.24, 2.45) is 29.1 Å². The van der Waals surface area contributed by atoms with E-state index in [1.807, 2.05) is 9.76 Å². The molecule has 5 fully saturated rings. The SMILES string of the molecule is CC1=[C]([Zr+2](=[C]2CCCCC2)[c]2cccc3c2Cc2ccccc2-3)C(C)C=C1CC12CC3CC(CC(C3)C1)C2.[Cl-].[Cl-]. The largest absolute Gasteiger partial charge is 1.00 e. The third-order valence-corrected chi connectivity index (χ3v) is 20.5. The molecule has 0 spiro atoms. The zero-order valence-electron chi connectivity index (χ0n) is 24.4. The van der Waals surface area contributed by atoms with Gasteiger partial charge in [0.05, 0.1) is 0 Å². The van der Waals surface area contributed by atoms with E-state index >= 15 is 0 Å². The summed E-state index contributed by atoms with van der Waals surface area (Å²) in [4.78, 5) is 0. The van der Waals surface area contributed by atoms with Crippen LogP contribution in [-0.4, -0.2) is 3.21 Å². The van der Waals surface area contributed by atoms with Crippen molar-refractivity contribution in [2.75, 3.05) is 0 Å². The van der Waals surface area contributed by atoms with Crippen molar-refractivity contribution < 1.29 is 46.1 Å². The molecule has 0 aromatic heterocycles. The third kappa shape index (κ3) is 4.87. The van der Waals surface area contributed by atoms with Gasteiger partial charge in [0, 0.05) is 0 Å². The molecule has 0 nitrogen and oxygen atoms in total. The van der Waals surface area contributed by atoms with Crippen LogP contribution < -0.4 is 28.1 Å². The second-order valence-corrected chi connectivity index (χ2v) is 20.5. The Hall–Kier alpha value is -0.747. The minimum Gasteiger partial charge on any atom is -1.00 e. The molecule has 2 aromatic carbocycles. The molecule has 1 unspecified atom stereocenters. The van der Waals surface area contributed by atoms with Crippen molar-refractivity contribution in [3.05, 3.63) is 74.1 Å². The summed E-state index contributed by atoms with van der Waals surface area (Å²) in [6.45, 7) is 5.15. The number of hydrogen-bond donors (Lipinski definition) is 0. The standard InChI is InChI=1S/C18H25.C13H9.C6H10.2ClH.Zr/c1-12-3-13(2)17(4-12)11-18-8-14-5-15(9-18)7-16(6-14)10-18;1-3-7-12-10(5-1)9-11-6-2-4-8-13(11)12;1-2-4-6-5-3-1;;;/h4,12,14-16H,5-11H2,1-2H3;1-5,7-8H,9H2;1-5H2;2*1H;/q;;;;;+2/p-2. The minimum atomic E-state index is -2.20. The molecule has 0 saturated heterocycles.